The minimum absolute atomic E-state index is 0.0889. The molecule has 2 amide bonds. The first-order valence-corrected chi connectivity index (χ1v) is 6.41. The van der Waals surface area contributed by atoms with E-state index in [4.69, 9.17) is 11.6 Å². The highest BCUT2D eigenvalue weighted by Crippen LogP contribution is 2.10. The van der Waals surface area contributed by atoms with Gasteiger partial charge >= 0.3 is 6.09 Å². The van der Waals surface area contributed by atoms with Crippen molar-refractivity contribution in [1.82, 2.24) is 10.6 Å². The Morgan fingerprint density at radius 2 is 2.11 bits per heavy atom. The van der Waals surface area contributed by atoms with Crippen LogP contribution >= 0.6 is 11.6 Å². The number of rotatable bonds is 6. The molecular formula is C13H17ClN2O3. The maximum atomic E-state index is 11.4. The summed E-state index contributed by atoms with van der Waals surface area (Å²) in [4.78, 5) is 22.4. The predicted octanol–water partition coefficient (Wildman–Crippen LogP) is 1.74. The van der Waals surface area contributed by atoms with Gasteiger partial charge in [0.1, 0.15) is 0 Å². The van der Waals surface area contributed by atoms with Crippen molar-refractivity contribution in [2.45, 2.75) is 13.3 Å². The first kappa shape index (κ1) is 15.3. The average molecular weight is 285 g/mol. The van der Waals surface area contributed by atoms with Crippen molar-refractivity contribution in [3.8, 4) is 0 Å². The first-order chi connectivity index (χ1) is 9.11. The molecule has 0 heterocycles. The fraction of sp³-hybridized carbons (Fsp3) is 0.385. The summed E-state index contributed by atoms with van der Waals surface area (Å²) < 4.78 is 4.63. The van der Waals surface area contributed by atoms with E-state index in [1.165, 1.54) is 0 Å². The van der Waals surface area contributed by atoms with E-state index in [1.807, 2.05) is 18.2 Å². The maximum Gasteiger partial charge on any atom is 0.407 e. The third kappa shape index (κ3) is 6.67. The van der Waals surface area contributed by atoms with Gasteiger partial charge in [-0.3, -0.25) is 4.79 Å². The van der Waals surface area contributed by atoms with Crippen LogP contribution in [0.4, 0.5) is 4.79 Å². The molecule has 0 aliphatic rings. The molecule has 1 aromatic rings. The lowest BCUT2D eigenvalue weighted by Crippen LogP contribution is -2.37. The van der Waals surface area contributed by atoms with Gasteiger partial charge in [-0.15, -0.1) is 0 Å². The van der Waals surface area contributed by atoms with Gasteiger partial charge in [-0.05, 0) is 31.0 Å². The van der Waals surface area contributed by atoms with Crippen LogP contribution in [0, 0.1) is 0 Å². The molecule has 104 valence electrons. The topological polar surface area (TPSA) is 67.4 Å². The number of nitrogens with one attached hydrogen (secondary N) is 2. The number of carbonyl (C=O) groups is 2. The summed E-state index contributed by atoms with van der Waals surface area (Å²) in [5, 5.41) is 5.72. The van der Waals surface area contributed by atoms with Gasteiger partial charge in [0, 0.05) is 11.6 Å². The summed E-state index contributed by atoms with van der Waals surface area (Å²) in [6.45, 7) is 2.38. The lowest BCUT2D eigenvalue weighted by Gasteiger charge is -2.07. The quantitative estimate of drug-likeness (QED) is 0.836. The van der Waals surface area contributed by atoms with Crippen molar-refractivity contribution in [1.29, 1.82) is 0 Å². The number of ether oxygens (including phenoxy) is 1. The number of hydrogen-bond donors (Lipinski definition) is 2. The normalized spacial score (nSPS) is 9.79. The van der Waals surface area contributed by atoms with Gasteiger partial charge in [0.2, 0.25) is 5.91 Å². The van der Waals surface area contributed by atoms with E-state index in [0.717, 1.165) is 5.56 Å². The van der Waals surface area contributed by atoms with Crippen molar-refractivity contribution in [3.05, 3.63) is 34.9 Å². The van der Waals surface area contributed by atoms with Crippen LogP contribution in [-0.4, -0.2) is 31.7 Å². The molecule has 0 saturated carbocycles. The van der Waals surface area contributed by atoms with Gasteiger partial charge in [0.05, 0.1) is 13.2 Å². The number of halogens is 1. The lowest BCUT2D eigenvalue weighted by atomic mass is 10.1. The summed E-state index contributed by atoms with van der Waals surface area (Å²) in [6, 6.07) is 7.45. The third-order valence-electron chi connectivity index (χ3n) is 2.29. The van der Waals surface area contributed by atoms with Crippen LogP contribution in [0.15, 0.2) is 24.3 Å². The van der Waals surface area contributed by atoms with Gasteiger partial charge in [0.25, 0.3) is 0 Å². The van der Waals surface area contributed by atoms with Crippen LogP contribution in [0.1, 0.15) is 12.5 Å². The molecule has 5 nitrogen and oxygen atoms in total. The second kappa shape index (κ2) is 8.37. The van der Waals surface area contributed by atoms with Gasteiger partial charge in [0.15, 0.2) is 0 Å². The molecule has 0 spiro atoms. The second-order valence-electron chi connectivity index (χ2n) is 3.80. The van der Waals surface area contributed by atoms with Crippen LogP contribution in [0.2, 0.25) is 5.02 Å². The minimum atomic E-state index is -0.590. The number of carbonyl (C=O) groups excluding carboxylic acids is 2. The largest absolute Gasteiger partial charge is 0.450 e. The molecule has 0 unspecified atom stereocenters. The predicted molar refractivity (Wildman–Crippen MR) is 73.2 cm³/mol. The molecule has 1 aromatic carbocycles. The first-order valence-electron chi connectivity index (χ1n) is 6.03. The second-order valence-corrected chi connectivity index (χ2v) is 4.24. The highest BCUT2D eigenvalue weighted by atomic mass is 35.5. The highest BCUT2D eigenvalue weighted by Gasteiger charge is 2.04. The van der Waals surface area contributed by atoms with E-state index in [0.29, 0.717) is 18.0 Å². The van der Waals surface area contributed by atoms with E-state index >= 15 is 0 Å². The molecule has 6 heteroatoms. The van der Waals surface area contributed by atoms with Crippen molar-refractivity contribution in [2.75, 3.05) is 19.7 Å². The highest BCUT2D eigenvalue weighted by molar-refractivity contribution is 6.30. The molecule has 19 heavy (non-hydrogen) atoms. The molecule has 0 bridgehead atoms. The Morgan fingerprint density at radius 1 is 1.32 bits per heavy atom. The fourth-order valence-corrected chi connectivity index (χ4v) is 1.65. The Balaban J connectivity index is 2.18. The molecular weight excluding hydrogens is 268 g/mol. The third-order valence-corrected chi connectivity index (χ3v) is 2.53. The van der Waals surface area contributed by atoms with Crippen LogP contribution in [-0.2, 0) is 16.0 Å². The fourth-order valence-electron chi connectivity index (χ4n) is 1.44. The number of hydrogen-bond acceptors (Lipinski definition) is 3. The summed E-state index contributed by atoms with van der Waals surface area (Å²) in [7, 11) is 0. The Kier molecular flexibility index (Phi) is 6.74. The van der Waals surface area contributed by atoms with E-state index < -0.39 is 6.09 Å². The Bertz CT molecular complexity index is 438. The summed E-state index contributed by atoms with van der Waals surface area (Å²) in [6.07, 6.45) is 0.0959. The summed E-state index contributed by atoms with van der Waals surface area (Å²) in [5.74, 6) is -0.255. The molecule has 0 saturated heterocycles. The molecule has 0 aliphatic heterocycles. The zero-order chi connectivity index (χ0) is 14.1. The SMILES string of the molecule is CCOC(=O)NCC(=O)NCCc1cccc(Cl)c1. The van der Waals surface area contributed by atoms with Crippen LogP contribution in [0.5, 0.6) is 0 Å². The zero-order valence-corrected chi connectivity index (χ0v) is 11.5. The molecule has 0 radical (unpaired) electrons. The van der Waals surface area contributed by atoms with Crippen molar-refractivity contribution in [2.24, 2.45) is 0 Å². The number of amides is 2. The van der Waals surface area contributed by atoms with E-state index in [1.54, 1.807) is 13.0 Å². The van der Waals surface area contributed by atoms with Crippen molar-refractivity contribution < 1.29 is 14.3 Å². The van der Waals surface area contributed by atoms with Gasteiger partial charge in [-0.1, -0.05) is 23.7 Å². The summed E-state index contributed by atoms with van der Waals surface area (Å²) >= 11 is 5.85. The molecule has 0 fully saturated rings. The number of benzene rings is 1. The summed E-state index contributed by atoms with van der Waals surface area (Å²) in [5.41, 5.74) is 1.05. The molecule has 0 aromatic heterocycles. The van der Waals surface area contributed by atoms with E-state index in [-0.39, 0.29) is 19.1 Å². The standard InChI is InChI=1S/C13H17ClN2O3/c1-2-19-13(18)16-9-12(17)15-7-6-10-4-3-5-11(14)8-10/h3-5,8H,2,6-7,9H2,1H3,(H,15,17)(H,16,18). The molecule has 1 rings (SSSR count). The van der Waals surface area contributed by atoms with Gasteiger partial charge in [-0.25, -0.2) is 4.79 Å². The van der Waals surface area contributed by atoms with Gasteiger partial charge in [-0.2, -0.15) is 0 Å². The minimum Gasteiger partial charge on any atom is -0.450 e. The van der Waals surface area contributed by atoms with Crippen LogP contribution in [0.25, 0.3) is 0 Å². The average Bonchev–Trinajstić information content (AvgIpc) is 2.37. The van der Waals surface area contributed by atoms with E-state index in [2.05, 4.69) is 15.4 Å². The Morgan fingerprint density at radius 3 is 2.79 bits per heavy atom. The van der Waals surface area contributed by atoms with Crippen molar-refractivity contribution >= 4 is 23.6 Å². The lowest BCUT2D eigenvalue weighted by molar-refractivity contribution is -0.120. The Labute approximate surface area is 117 Å². The Hall–Kier alpha value is -1.75. The van der Waals surface area contributed by atoms with Crippen molar-refractivity contribution in [3.63, 3.8) is 0 Å². The molecule has 2 N–H and O–H groups in total. The number of alkyl carbamates (subject to hydrolysis) is 1. The van der Waals surface area contributed by atoms with Crippen LogP contribution in [0.3, 0.4) is 0 Å². The molecule has 0 atom stereocenters. The maximum absolute atomic E-state index is 11.4. The monoisotopic (exact) mass is 284 g/mol. The smallest absolute Gasteiger partial charge is 0.407 e. The van der Waals surface area contributed by atoms with E-state index in [9.17, 15) is 9.59 Å². The van der Waals surface area contributed by atoms with Crippen LogP contribution < -0.4 is 10.6 Å². The zero-order valence-electron chi connectivity index (χ0n) is 10.7. The van der Waals surface area contributed by atoms with Gasteiger partial charge < -0.3 is 15.4 Å². The molecule has 0 aliphatic carbocycles.